The van der Waals surface area contributed by atoms with Crippen molar-refractivity contribution < 1.29 is 10.2 Å². The summed E-state index contributed by atoms with van der Waals surface area (Å²) in [6.07, 6.45) is 3.49. The van der Waals surface area contributed by atoms with Gasteiger partial charge in [0, 0.05) is 14.1 Å². The molecule has 0 radical (unpaired) electrons. The highest BCUT2D eigenvalue weighted by atomic mass is 35.5. The van der Waals surface area contributed by atoms with Gasteiger partial charge in [-0.1, -0.05) is 72.6 Å². The average molecular weight is 636 g/mol. The summed E-state index contributed by atoms with van der Waals surface area (Å²) < 4.78 is 2.29. The highest BCUT2D eigenvalue weighted by Crippen LogP contribution is 2.41. The maximum atomic E-state index is 9.95. The number of hydrogen-bond acceptors (Lipinski definition) is 14. The lowest BCUT2D eigenvalue weighted by Crippen LogP contribution is -2.35. The lowest BCUT2D eigenvalue weighted by Gasteiger charge is -2.28. The Kier molecular flexibility index (Phi) is 10.5. The Morgan fingerprint density at radius 1 is 0.711 bits per heavy atom. The Labute approximate surface area is 246 Å². The van der Waals surface area contributed by atoms with Crippen LogP contribution in [0.15, 0.2) is 10.3 Å². The third-order valence-electron chi connectivity index (χ3n) is 6.00. The van der Waals surface area contributed by atoms with Crippen LogP contribution in [0.4, 0.5) is 11.6 Å². The maximum absolute atomic E-state index is 9.95. The second-order valence-corrected chi connectivity index (χ2v) is 13.8. The SMILES string of the molecule is CCC[C@H](CO)N(C)c1nc(SSc2nc(N(C)[C@@H](CO)CCC)c3sc(Cl)nc3n2)nc2nc(Cl)sc12. The molecule has 0 aromatic carbocycles. The van der Waals surface area contributed by atoms with Gasteiger partial charge in [0.1, 0.15) is 9.40 Å². The zero-order valence-electron chi connectivity index (χ0n) is 21.3. The van der Waals surface area contributed by atoms with Crippen molar-refractivity contribution in [3.8, 4) is 0 Å². The monoisotopic (exact) mass is 634 g/mol. The molecule has 0 fully saturated rings. The predicted octanol–water partition coefficient (Wildman–Crippen LogP) is 5.79. The van der Waals surface area contributed by atoms with Crippen molar-refractivity contribution in [2.24, 2.45) is 0 Å². The van der Waals surface area contributed by atoms with Crippen LogP contribution in [0.5, 0.6) is 0 Å². The Morgan fingerprint density at radius 3 is 1.45 bits per heavy atom. The zero-order valence-corrected chi connectivity index (χ0v) is 26.0. The number of aromatic nitrogens is 6. The van der Waals surface area contributed by atoms with Gasteiger partial charge in [0.05, 0.1) is 25.3 Å². The normalized spacial score (nSPS) is 13.4. The number of hydrogen-bond donors (Lipinski definition) is 2. The number of likely N-dealkylation sites (N-methyl/N-ethyl adjacent to an activating group) is 2. The van der Waals surface area contributed by atoms with E-state index in [1.165, 1.54) is 44.3 Å². The van der Waals surface area contributed by atoms with Gasteiger partial charge in [-0.3, -0.25) is 0 Å². The van der Waals surface area contributed by atoms with Crippen molar-refractivity contribution in [3.63, 3.8) is 0 Å². The number of anilines is 2. The second kappa shape index (κ2) is 13.4. The van der Waals surface area contributed by atoms with E-state index in [4.69, 9.17) is 33.2 Å². The number of halogens is 2. The van der Waals surface area contributed by atoms with Crippen LogP contribution in [0.25, 0.3) is 20.7 Å². The lowest BCUT2D eigenvalue weighted by molar-refractivity contribution is 0.255. The van der Waals surface area contributed by atoms with Crippen LogP contribution < -0.4 is 9.80 Å². The molecule has 38 heavy (non-hydrogen) atoms. The van der Waals surface area contributed by atoms with Crippen molar-refractivity contribution >= 4 is 99.8 Å². The molecule has 16 heteroatoms. The Bertz CT molecular complexity index is 1290. The second-order valence-electron chi connectivity index (χ2n) is 8.54. The highest BCUT2D eigenvalue weighted by Gasteiger charge is 2.24. The summed E-state index contributed by atoms with van der Waals surface area (Å²) in [5, 5.41) is 20.8. The standard InChI is InChI=1S/C22H28Cl2N8O2S4/c1-5-7-11(9-33)31(3)17-13-15(25-19(23)35-13)27-21(29-17)37-38-22-28-16-14(36-20(24)26-16)18(30-22)32(4)12(10-34)8-6-2/h11-12,33-34H,5-10H2,1-4H3/t11-,12-/m1/s1. The van der Waals surface area contributed by atoms with Crippen LogP contribution in [0.3, 0.4) is 0 Å². The number of thiazole rings is 2. The Balaban J connectivity index is 1.67. The summed E-state index contributed by atoms with van der Waals surface area (Å²) >= 11 is 15.1. The van der Waals surface area contributed by atoms with E-state index < -0.39 is 0 Å². The van der Waals surface area contributed by atoms with E-state index in [2.05, 4.69) is 33.8 Å². The number of aliphatic hydroxyl groups excluding tert-OH is 2. The molecular formula is C22H28Cl2N8O2S4. The van der Waals surface area contributed by atoms with Gasteiger partial charge >= 0.3 is 0 Å². The smallest absolute Gasteiger partial charge is 0.202 e. The van der Waals surface area contributed by atoms with Gasteiger partial charge in [0.2, 0.25) is 10.3 Å². The van der Waals surface area contributed by atoms with E-state index in [0.717, 1.165) is 35.1 Å². The number of nitrogens with zero attached hydrogens (tertiary/aromatic N) is 8. The Hall–Kier alpha value is -1.26. The molecule has 0 aliphatic rings. The molecule has 4 aromatic heterocycles. The number of fused-ring (bicyclic) bond motifs is 2. The molecule has 0 amide bonds. The molecule has 2 atom stereocenters. The molecule has 0 aliphatic heterocycles. The first-order valence-electron chi connectivity index (χ1n) is 12.0. The molecule has 206 valence electrons. The molecule has 4 aromatic rings. The fraction of sp³-hybridized carbons (Fsp3) is 0.545. The predicted molar refractivity (Wildman–Crippen MR) is 161 cm³/mol. The van der Waals surface area contributed by atoms with E-state index >= 15 is 0 Å². The average Bonchev–Trinajstić information content (AvgIpc) is 3.47. The molecular weight excluding hydrogens is 607 g/mol. The highest BCUT2D eigenvalue weighted by molar-refractivity contribution is 8.76. The van der Waals surface area contributed by atoms with E-state index in [1.807, 2.05) is 23.9 Å². The third kappa shape index (κ3) is 6.54. The van der Waals surface area contributed by atoms with Gasteiger partial charge in [-0.05, 0) is 34.4 Å². The van der Waals surface area contributed by atoms with Gasteiger partial charge in [0.15, 0.2) is 31.9 Å². The van der Waals surface area contributed by atoms with Crippen LogP contribution in [0, 0.1) is 0 Å². The molecule has 0 bridgehead atoms. The summed E-state index contributed by atoms with van der Waals surface area (Å²) in [6, 6.07) is -0.185. The topological polar surface area (TPSA) is 124 Å². The first kappa shape index (κ1) is 29.7. The van der Waals surface area contributed by atoms with Crippen LogP contribution >= 0.6 is 67.5 Å². The van der Waals surface area contributed by atoms with Gasteiger partial charge in [-0.2, -0.15) is 0 Å². The first-order chi connectivity index (χ1) is 18.3. The van der Waals surface area contributed by atoms with Crippen LogP contribution in [0.2, 0.25) is 8.93 Å². The summed E-state index contributed by atoms with van der Waals surface area (Å²) in [5.41, 5.74) is 1.00. The van der Waals surface area contributed by atoms with E-state index in [-0.39, 0.29) is 25.3 Å². The van der Waals surface area contributed by atoms with Crippen molar-refractivity contribution in [2.75, 3.05) is 37.1 Å². The third-order valence-corrected chi connectivity index (χ3v) is 10.2. The molecule has 0 unspecified atom stereocenters. The van der Waals surface area contributed by atoms with Crippen molar-refractivity contribution in [2.45, 2.75) is 61.9 Å². The molecule has 4 rings (SSSR count). The van der Waals surface area contributed by atoms with Gasteiger partial charge in [-0.25, -0.2) is 29.9 Å². The van der Waals surface area contributed by atoms with Gasteiger partial charge in [-0.15, -0.1) is 0 Å². The minimum atomic E-state index is -0.0923. The minimum Gasteiger partial charge on any atom is -0.394 e. The van der Waals surface area contributed by atoms with Crippen LogP contribution in [0.1, 0.15) is 39.5 Å². The molecule has 2 N–H and O–H groups in total. The van der Waals surface area contributed by atoms with Gasteiger partial charge in [0.25, 0.3) is 0 Å². The number of rotatable bonds is 13. The molecule has 0 saturated carbocycles. The summed E-state index contributed by atoms with van der Waals surface area (Å²) in [5.74, 6) is 1.34. The van der Waals surface area contributed by atoms with Crippen molar-refractivity contribution in [3.05, 3.63) is 8.93 Å². The molecule has 0 spiro atoms. The summed E-state index contributed by atoms with van der Waals surface area (Å²) in [6.45, 7) is 4.17. The maximum Gasteiger partial charge on any atom is 0.202 e. The Morgan fingerprint density at radius 2 is 1.11 bits per heavy atom. The minimum absolute atomic E-state index is 0.00676. The fourth-order valence-corrected chi connectivity index (χ4v) is 7.67. The molecule has 4 heterocycles. The largest absolute Gasteiger partial charge is 0.394 e. The van der Waals surface area contributed by atoms with E-state index in [9.17, 15) is 10.2 Å². The quantitative estimate of drug-likeness (QED) is 0.137. The molecule has 10 nitrogen and oxygen atoms in total. The van der Waals surface area contributed by atoms with Crippen molar-refractivity contribution in [1.29, 1.82) is 0 Å². The van der Waals surface area contributed by atoms with Gasteiger partial charge < -0.3 is 20.0 Å². The number of aliphatic hydroxyl groups is 2. The summed E-state index contributed by atoms with van der Waals surface area (Å²) in [4.78, 5) is 31.4. The van der Waals surface area contributed by atoms with Crippen LogP contribution in [-0.2, 0) is 0 Å². The first-order valence-corrected chi connectivity index (χ1v) is 16.5. The van der Waals surface area contributed by atoms with E-state index in [0.29, 0.717) is 42.2 Å². The van der Waals surface area contributed by atoms with Crippen LogP contribution in [-0.4, -0.2) is 79.5 Å². The van der Waals surface area contributed by atoms with Crippen molar-refractivity contribution in [1.82, 2.24) is 29.9 Å². The summed E-state index contributed by atoms with van der Waals surface area (Å²) in [7, 11) is 6.42. The molecule has 0 saturated heterocycles. The lowest BCUT2D eigenvalue weighted by atomic mass is 10.1. The van der Waals surface area contributed by atoms with E-state index in [1.54, 1.807) is 0 Å². The molecule has 0 aliphatic carbocycles. The zero-order chi connectivity index (χ0) is 27.4. The fourth-order valence-electron chi connectivity index (χ4n) is 3.98.